The average molecular weight is 294 g/mol. The average Bonchev–Trinajstić information content (AvgIpc) is 2.49. The lowest BCUT2D eigenvalue weighted by Crippen LogP contribution is -2.11. The Morgan fingerprint density at radius 1 is 1.10 bits per heavy atom. The van der Waals surface area contributed by atoms with E-state index in [0.717, 1.165) is 22.0 Å². The van der Waals surface area contributed by atoms with Gasteiger partial charge in [0.2, 0.25) is 0 Å². The van der Waals surface area contributed by atoms with E-state index in [0.29, 0.717) is 16.5 Å². The van der Waals surface area contributed by atoms with Gasteiger partial charge in [-0.05, 0) is 31.2 Å². The molecule has 0 atom stereocenters. The minimum atomic E-state index is 0.321. The molecule has 0 aliphatic heterocycles. The van der Waals surface area contributed by atoms with Crippen LogP contribution < -0.4 is 10.5 Å². The van der Waals surface area contributed by atoms with Crippen LogP contribution in [0.2, 0.25) is 0 Å². The first-order valence-corrected chi connectivity index (χ1v) is 6.98. The van der Waals surface area contributed by atoms with Gasteiger partial charge in [-0.1, -0.05) is 42.0 Å². The summed E-state index contributed by atoms with van der Waals surface area (Å²) in [5.41, 5.74) is 8.42. The number of hydrogen-bond donors (Lipinski definition) is 1. The fraction of sp³-hybridized carbons (Fsp3) is 0.0588. The molecule has 3 aromatic rings. The zero-order chi connectivity index (χ0) is 14.8. The second-order valence-corrected chi connectivity index (χ2v) is 5.24. The van der Waals surface area contributed by atoms with Gasteiger partial charge in [0.1, 0.15) is 16.3 Å². The van der Waals surface area contributed by atoms with Crippen LogP contribution in [0.5, 0.6) is 11.5 Å². The molecular formula is C17H14N2OS. The predicted octanol–water partition coefficient (Wildman–Crippen LogP) is 3.97. The van der Waals surface area contributed by atoms with Crippen LogP contribution in [0.3, 0.4) is 0 Å². The van der Waals surface area contributed by atoms with Crippen molar-refractivity contribution in [3.05, 3.63) is 65.9 Å². The lowest BCUT2D eigenvalue weighted by Gasteiger charge is -2.12. The molecule has 3 nitrogen and oxygen atoms in total. The van der Waals surface area contributed by atoms with Crippen LogP contribution in [-0.2, 0) is 0 Å². The number of aromatic nitrogens is 1. The van der Waals surface area contributed by atoms with Crippen molar-refractivity contribution in [2.75, 3.05) is 0 Å². The molecule has 0 radical (unpaired) electrons. The molecule has 104 valence electrons. The molecular weight excluding hydrogens is 280 g/mol. The van der Waals surface area contributed by atoms with Crippen molar-refractivity contribution in [3.8, 4) is 11.5 Å². The highest BCUT2D eigenvalue weighted by atomic mass is 32.1. The van der Waals surface area contributed by atoms with Gasteiger partial charge in [0, 0.05) is 11.6 Å². The summed E-state index contributed by atoms with van der Waals surface area (Å²) in [5, 5.41) is 1.03. The second kappa shape index (κ2) is 5.50. The fourth-order valence-corrected chi connectivity index (χ4v) is 2.36. The van der Waals surface area contributed by atoms with Gasteiger partial charge in [0.15, 0.2) is 5.75 Å². The summed E-state index contributed by atoms with van der Waals surface area (Å²) in [6.07, 6.45) is 1.75. The van der Waals surface area contributed by atoms with E-state index in [1.54, 1.807) is 6.20 Å². The smallest absolute Gasteiger partial charge is 0.153 e. The number of rotatable bonds is 3. The number of benzene rings is 2. The molecule has 2 aromatic carbocycles. The number of nitrogens with two attached hydrogens (primary N) is 1. The summed E-state index contributed by atoms with van der Waals surface area (Å²) in [6.45, 7) is 1.99. The number of hydrogen-bond acceptors (Lipinski definition) is 3. The third-order valence-corrected chi connectivity index (χ3v) is 3.44. The number of fused-ring (bicyclic) bond motifs is 1. The van der Waals surface area contributed by atoms with Crippen LogP contribution in [0.15, 0.2) is 54.7 Å². The van der Waals surface area contributed by atoms with Gasteiger partial charge in [-0.15, -0.1) is 0 Å². The van der Waals surface area contributed by atoms with Gasteiger partial charge in [-0.25, -0.2) is 0 Å². The van der Waals surface area contributed by atoms with E-state index in [1.807, 2.05) is 55.5 Å². The summed E-state index contributed by atoms with van der Waals surface area (Å²) in [5.74, 6) is 1.33. The van der Waals surface area contributed by atoms with Crippen molar-refractivity contribution in [3.63, 3.8) is 0 Å². The summed E-state index contributed by atoms with van der Waals surface area (Å²) >= 11 is 5.10. The Morgan fingerprint density at radius 2 is 1.90 bits per heavy atom. The molecule has 21 heavy (non-hydrogen) atoms. The summed E-state index contributed by atoms with van der Waals surface area (Å²) in [6, 6.07) is 15.5. The number of nitrogens with zero attached hydrogens (tertiary/aromatic N) is 1. The number of para-hydroxylation sites is 1. The molecule has 1 heterocycles. The van der Waals surface area contributed by atoms with Crippen molar-refractivity contribution >= 4 is 28.1 Å². The quantitative estimate of drug-likeness (QED) is 0.743. The van der Waals surface area contributed by atoms with Crippen LogP contribution in [0.25, 0.3) is 10.9 Å². The maximum absolute atomic E-state index is 6.01. The van der Waals surface area contributed by atoms with E-state index in [-0.39, 0.29) is 0 Å². The molecule has 0 fully saturated rings. The predicted molar refractivity (Wildman–Crippen MR) is 88.9 cm³/mol. The maximum Gasteiger partial charge on any atom is 0.153 e. The van der Waals surface area contributed by atoms with Gasteiger partial charge in [-0.2, -0.15) is 0 Å². The Balaban J connectivity index is 2.09. The number of ether oxygens (including phenoxy) is 1. The third-order valence-electron chi connectivity index (χ3n) is 3.22. The molecule has 0 unspecified atom stereocenters. The maximum atomic E-state index is 6.01. The summed E-state index contributed by atoms with van der Waals surface area (Å²) < 4.78 is 6.01. The van der Waals surface area contributed by atoms with E-state index in [4.69, 9.17) is 22.7 Å². The van der Waals surface area contributed by atoms with E-state index in [9.17, 15) is 0 Å². The number of aryl methyl sites for hydroxylation is 1. The Hall–Kier alpha value is -2.46. The molecule has 0 aliphatic rings. The Kier molecular flexibility index (Phi) is 3.54. The molecule has 0 spiro atoms. The highest BCUT2D eigenvalue weighted by Gasteiger charge is 2.10. The number of thiocarbonyl (C=S) groups is 1. The van der Waals surface area contributed by atoms with Gasteiger partial charge >= 0.3 is 0 Å². The highest BCUT2D eigenvalue weighted by Crippen LogP contribution is 2.30. The van der Waals surface area contributed by atoms with Crippen molar-refractivity contribution in [1.29, 1.82) is 0 Å². The van der Waals surface area contributed by atoms with Gasteiger partial charge < -0.3 is 10.5 Å². The number of pyridine rings is 1. The van der Waals surface area contributed by atoms with Crippen LogP contribution in [0, 0.1) is 6.92 Å². The van der Waals surface area contributed by atoms with Crippen LogP contribution in [0.4, 0.5) is 0 Å². The lowest BCUT2D eigenvalue weighted by atomic mass is 10.1. The highest BCUT2D eigenvalue weighted by molar-refractivity contribution is 7.80. The van der Waals surface area contributed by atoms with Crippen LogP contribution in [-0.4, -0.2) is 9.97 Å². The summed E-state index contributed by atoms with van der Waals surface area (Å²) in [4.78, 5) is 4.70. The van der Waals surface area contributed by atoms with Crippen LogP contribution >= 0.6 is 12.2 Å². The first kappa shape index (κ1) is 13.5. The topological polar surface area (TPSA) is 48.1 Å². The molecule has 0 aliphatic carbocycles. The fourth-order valence-electron chi connectivity index (χ4n) is 2.20. The zero-order valence-corrected chi connectivity index (χ0v) is 12.4. The Bertz CT molecular complexity index is 825. The lowest BCUT2D eigenvalue weighted by molar-refractivity contribution is 0.486. The minimum Gasteiger partial charge on any atom is -0.454 e. The molecule has 2 N–H and O–H groups in total. The molecule has 0 amide bonds. The molecule has 0 bridgehead atoms. The van der Waals surface area contributed by atoms with E-state index >= 15 is 0 Å². The largest absolute Gasteiger partial charge is 0.454 e. The normalized spacial score (nSPS) is 10.5. The monoisotopic (exact) mass is 294 g/mol. The van der Waals surface area contributed by atoms with E-state index < -0.39 is 0 Å². The summed E-state index contributed by atoms with van der Waals surface area (Å²) in [7, 11) is 0. The van der Waals surface area contributed by atoms with Gasteiger partial charge in [0.05, 0.1) is 5.56 Å². The Morgan fingerprint density at radius 3 is 2.71 bits per heavy atom. The van der Waals surface area contributed by atoms with Crippen molar-refractivity contribution in [2.45, 2.75) is 6.92 Å². The SMILES string of the molecule is Cc1ccc(Oc2cccc3cccnc23)c(C(N)=S)c1. The van der Waals surface area contributed by atoms with Crippen molar-refractivity contribution in [2.24, 2.45) is 5.73 Å². The van der Waals surface area contributed by atoms with Crippen LogP contribution in [0.1, 0.15) is 11.1 Å². The second-order valence-electron chi connectivity index (χ2n) is 4.80. The molecule has 4 heteroatoms. The first-order valence-electron chi connectivity index (χ1n) is 6.57. The van der Waals surface area contributed by atoms with Gasteiger partial charge in [0.25, 0.3) is 0 Å². The zero-order valence-electron chi connectivity index (χ0n) is 11.5. The molecule has 1 aromatic heterocycles. The molecule has 3 rings (SSSR count). The van der Waals surface area contributed by atoms with Gasteiger partial charge in [-0.3, -0.25) is 4.98 Å². The Labute approximate surface area is 128 Å². The molecule has 0 saturated heterocycles. The molecule has 0 saturated carbocycles. The van der Waals surface area contributed by atoms with E-state index in [1.165, 1.54) is 0 Å². The third kappa shape index (κ3) is 2.71. The van der Waals surface area contributed by atoms with Crippen molar-refractivity contribution < 1.29 is 4.74 Å². The standard InChI is InChI=1S/C17H14N2OS/c1-11-7-8-14(13(10-11)17(18)21)20-15-6-2-4-12-5-3-9-19-16(12)15/h2-10H,1H3,(H2,18,21). The minimum absolute atomic E-state index is 0.321. The first-order chi connectivity index (χ1) is 10.1. The van der Waals surface area contributed by atoms with E-state index in [2.05, 4.69) is 4.98 Å². The van der Waals surface area contributed by atoms with Crippen molar-refractivity contribution in [1.82, 2.24) is 4.98 Å².